The highest BCUT2D eigenvalue weighted by Crippen LogP contribution is 2.17. The zero-order chi connectivity index (χ0) is 20.5. The number of nitrogens with zero attached hydrogens (tertiary/aromatic N) is 1. The van der Waals surface area contributed by atoms with Crippen LogP contribution < -0.4 is 16.6 Å². The van der Waals surface area contributed by atoms with E-state index in [1.807, 2.05) is 0 Å². The van der Waals surface area contributed by atoms with Crippen molar-refractivity contribution >= 4 is 22.5 Å². The maximum atomic E-state index is 14.0. The summed E-state index contributed by atoms with van der Waals surface area (Å²) < 4.78 is 15.0. The van der Waals surface area contributed by atoms with E-state index in [1.165, 1.54) is 30.3 Å². The monoisotopic (exact) mass is 389 g/mol. The average Bonchev–Trinajstić information content (AvgIpc) is 2.70. The first-order valence-corrected chi connectivity index (χ1v) is 8.86. The first-order valence-electron chi connectivity index (χ1n) is 8.86. The summed E-state index contributed by atoms with van der Waals surface area (Å²) in [5.41, 5.74) is 0.529. The van der Waals surface area contributed by atoms with Crippen molar-refractivity contribution in [3.8, 4) is 5.69 Å². The van der Waals surface area contributed by atoms with E-state index < -0.39 is 23.0 Å². The number of aryl methyl sites for hydroxylation is 1. The quantitative estimate of drug-likeness (QED) is 0.563. The van der Waals surface area contributed by atoms with E-state index in [2.05, 4.69) is 10.3 Å². The number of nitrogens with one attached hydrogen (secondary N) is 2. The predicted octanol–water partition coefficient (Wildman–Crippen LogP) is 3.38. The topological polar surface area (TPSA) is 84.0 Å². The van der Waals surface area contributed by atoms with Crippen LogP contribution in [0.25, 0.3) is 16.6 Å². The van der Waals surface area contributed by atoms with Gasteiger partial charge in [-0.25, -0.2) is 13.8 Å². The molecule has 1 aromatic heterocycles. The van der Waals surface area contributed by atoms with Gasteiger partial charge in [0, 0.05) is 5.56 Å². The molecule has 0 atom stereocenters. The molecule has 4 rings (SSSR count). The van der Waals surface area contributed by atoms with Gasteiger partial charge in [0.1, 0.15) is 5.82 Å². The Kier molecular flexibility index (Phi) is 4.56. The summed E-state index contributed by atoms with van der Waals surface area (Å²) >= 11 is 0. The zero-order valence-corrected chi connectivity index (χ0v) is 15.4. The van der Waals surface area contributed by atoms with Crippen LogP contribution in [0.3, 0.4) is 0 Å². The fourth-order valence-corrected chi connectivity index (χ4v) is 3.09. The minimum absolute atomic E-state index is 0.0497. The number of fused-ring (bicyclic) bond motifs is 1. The molecule has 4 aromatic rings. The van der Waals surface area contributed by atoms with Crippen molar-refractivity contribution in [2.45, 2.75) is 6.92 Å². The van der Waals surface area contributed by atoms with E-state index in [0.717, 1.165) is 10.1 Å². The van der Waals surface area contributed by atoms with Gasteiger partial charge in [-0.3, -0.25) is 9.59 Å². The van der Waals surface area contributed by atoms with Gasteiger partial charge in [0.25, 0.3) is 11.5 Å². The summed E-state index contributed by atoms with van der Waals surface area (Å²) in [4.78, 5) is 40.4. The van der Waals surface area contributed by atoms with Crippen molar-refractivity contribution in [1.82, 2.24) is 9.55 Å². The van der Waals surface area contributed by atoms with Gasteiger partial charge in [-0.15, -0.1) is 0 Å². The molecule has 2 N–H and O–H groups in total. The third kappa shape index (κ3) is 3.45. The highest BCUT2D eigenvalue weighted by Gasteiger charge is 2.14. The van der Waals surface area contributed by atoms with Crippen LogP contribution in [0.15, 0.2) is 76.3 Å². The number of hydrogen-bond donors (Lipinski definition) is 2. The Balaban J connectivity index is 1.74. The highest BCUT2D eigenvalue weighted by molar-refractivity contribution is 6.06. The molecule has 1 amide bonds. The van der Waals surface area contributed by atoms with Gasteiger partial charge in [-0.05, 0) is 55.0 Å². The Labute approximate surface area is 164 Å². The molecule has 0 aliphatic heterocycles. The SMILES string of the molecule is Cc1ccc(NC(=O)c2ccc3c(=O)n(-c4ccccc4)c(=O)[nH]c3c2)c(F)c1. The molecule has 1 heterocycles. The van der Waals surface area contributed by atoms with Gasteiger partial charge in [-0.2, -0.15) is 0 Å². The fraction of sp³-hybridized carbons (Fsp3) is 0.0455. The molecule has 0 fully saturated rings. The number of benzene rings is 3. The Morgan fingerprint density at radius 2 is 1.76 bits per heavy atom. The second-order valence-electron chi connectivity index (χ2n) is 6.60. The van der Waals surface area contributed by atoms with Gasteiger partial charge < -0.3 is 10.3 Å². The molecule has 0 saturated carbocycles. The number of anilines is 1. The van der Waals surface area contributed by atoms with Crippen molar-refractivity contribution in [1.29, 1.82) is 0 Å². The minimum atomic E-state index is -0.615. The third-order valence-electron chi connectivity index (χ3n) is 4.55. The second kappa shape index (κ2) is 7.20. The summed E-state index contributed by atoms with van der Waals surface area (Å²) in [7, 11) is 0. The Hall–Kier alpha value is -4.00. The van der Waals surface area contributed by atoms with Gasteiger partial charge in [-0.1, -0.05) is 24.3 Å². The van der Waals surface area contributed by atoms with Crippen molar-refractivity contribution in [3.05, 3.63) is 105 Å². The second-order valence-corrected chi connectivity index (χ2v) is 6.60. The molecule has 0 spiro atoms. The molecule has 0 bridgehead atoms. The average molecular weight is 389 g/mol. The molecular weight excluding hydrogens is 373 g/mol. The lowest BCUT2D eigenvalue weighted by Crippen LogP contribution is -2.33. The highest BCUT2D eigenvalue weighted by atomic mass is 19.1. The summed E-state index contributed by atoms with van der Waals surface area (Å²) in [6, 6.07) is 17.3. The molecule has 0 aliphatic carbocycles. The number of amides is 1. The van der Waals surface area contributed by atoms with E-state index in [4.69, 9.17) is 0 Å². The molecule has 144 valence electrons. The molecule has 0 unspecified atom stereocenters. The van der Waals surface area contributed by atoms with Crippen molar-refractivity contribution in [2.75, 3.05) is 5.32 Å². The standard InChI is InChI=1S/C22H16FN3O3/c1-13-7-10-18(17(23)11-13)24-20(27)14-8-9-16-19(12-14)25-22(29)26(21(16)28)15-5-3-2-4-6-15/h2-12H,1H3,(H,24,27)(H,25,29). The largest absolute Gasteiger partial charge is 0.333 e. The van der Waals surface area contributed by atoms with Gasteiger partial charge in [0.2, 0.25) is 0 Å². The number of carbonyl (C=O) groups excluding carboxylic acids is 1. The Morgan fingerprint density at radius 3 is 2.48 bits per heavy atom. The Morgan fingerprint density at radius 1 is 1.00 bits per heavy atom. The summed E-state index contributed by atoms with van der Waals surface area (Å²) in [6.45, 7) is 1.75. The van der Waals surface area contributed by atoms with E-state index in [0.29, 0.717) is 5.69 Å². The summed E-state index contributed by atoms with van der Waals surface area (Å²) in [6.07, 6.45) is 0. The molecule has 0 saturated heterocycles. The maximum Gasteiger partial charge on any atom is 0.333 e. The van der Waals surface area contributed by atoms with Crippen LogP contribution in [0.2, 0.25) is 0 Å². The number of hydrogen-bond acceptors (Lipinski definition) is 3. The first kappa shape index (κ1) is 18.4. The number of H-pyrrole nitrogens is 1. The number of aromatic amines is 1. The third-order valence-corrected chi connectivity index (χ3v) is 4.55. The fourth-order valence-electron chi connectivity index (χ4n) is 3.09. The molecule has 7 heteroatoms. The lowest BCUT2D eigenvalue weighted by Gasteiger charge is -2.09. The van der Waals surface area contributed by atoms with E-state index in [-0.39, 0.29) is 22.2 Å². The van der Waals surface area contributed by atoms with Crippen LogP contribution in [-0.4, -0.2) is 15.5 Å². The van der Waals surface area contributed by atoms with Crippen LogP contribution in [-0.2, 0) is 0 Å². The number of rotatable bonds is 3. The van der Waals surface area contributed by atoms with Crippen molar-refractivity contribution in [3.63, 3.8) is 0 Å². The number of para-hydroxylation sites is 1. The van der Waals surface area contributed by atoms with Crippen LogP contribution in [0.1, 0.15) is 15.9 Å². The minimum Gasteiger partial charge on any atom is -0.319 e. The normalized spacial score (nSPS) is 10.8. The molecule has 3 aromatic carbocycles. The van der Waals surface area contributed by atoms with E-state index in [1.54, 1.807) is 43.3 Å². The first-order chi connectivity index (χ1) is 13.9. The lowest BCUT2D eigenvalue weighted by atomic mass is 10.1. The van der Waals surface area contributed by atoms with Crippen LogP contribution in [0, 0.1) is 12.7 Å². The lowest BCUT2D eigenvalue weighted by molar-refractivity contribution is 0.102. The zero-order valence-electron chi connectivity index (χ0n) is 15.4. The summed E-state index contributed by atoms with van der Waals surface area (Å²) in [5.74, 6) is -1.10. The number of aromatic nitrogens is 2. The van der Waals surface area contributed by atoms with Crippen LogP contribution in [0.5, 0.6) is 0 Å². The van der Waals surface area contributed by atoms with Gasteiger partial charge >= 0.3 is 5.69 Å². The maximum absolute atomic E-state index is 14.0. The number of carbonyl (C=O) groups is 1. The van der Waals surface area contributed by atoms with Crippen molar-refractivity contribution < 1.29 is 9.18 Å². The van der Waals surface area contributed by atoms with Crippen LogP contribution in [0.4, 0.5) is 10.1 Å². The summed E-state index contributed by atoms with van der Waals surface area (Å²) in [5, 5.41) is 2.75. The smallest absolute Gasteiger partial charge is 0.319 e. The molecule has 29 heavy (non-hydrogen) atoms. The van der Waals surface area contributed by atoms with Crippen molar-refractivity contribution in [2.24, 2.45) is 0 Å². The molecule has 0 aliphatic rings. The van der Waals surface area contributed by atoms with Gasteiger partial charge in [0.05, 0.1) is 22.3 Å². The molecular formula is C22H16FN3O3. The van der Waals surface area contributed by atoms with E-state index >= 15 is 0 Å². The molecule has 6 nitrogen and oxygen atoms in total. The van der Waals surface area contributed by atoms with E-state index in [9.17, 15) is 18.8 Å². The van der Waals surface area contributed by atoms with Gasteiger partial charge in [0.15, 0.2) is 0 Å². The van der Waals surface area contributed by atoms with Crippen LogP contribution >= 0.6 is 0 Å². The predicted molar refractivity (Wildman–Crippen MR) is 109 cm³/mol. The Bertz CT molecular complexity index is 1360. The number of halogens is 1. The molecule has 0 radical (unpaired) electrons.